The molecule has 0 aliphatic carbocycles. The Morgan fingerprint density at radius 2 is 1.68 bits per heavy atom. The van der Waals surface area contributed by atoms with Crippen LogP contribution in [0.4, 0.5) is 11.9 Å². The Bertz CT molecular complexity index is 342. The van der Waals surface area contributed by atoms with Crippen molar-refractivity contribution in [2.45, 2.75) is 39.5 Å². The van der Waals surface area contributed by atoms with Crippen LogP contribution in [0.3, 0.4) is 0 Å². The molecule has 108 valence electrons. The average Bonchev–Trinajstić information content (AvgIpc) is 2.46. The topological polar surface area (TPSA) is 63.2 Å². The molecule has 0 saturated carbocycles. The van der Waals surface area contributed by atoms with Crippen molar-refractivity contribution in [3.8, 4) is 6.01 Å². The third-order valence-corrected chi connectivity index (χ3v) is 2.86. The van der Waals surface area contributed by atoms with E-state index < -0.39 is 0 Å². The Morgan fingerprint density at radius 1 is 1.05 bits per heavy atom. The second-order valence-electron chi connectivity index (χ2n) is 4.39. The van der Waals surface area contributed by atoms with Crippen molar-refractivity contribution in [1.82, 2.24) is 15.0 Å². The van der Waals surface area contributed by atoms with Gasteiger partial charge in [0.15, 0.2) is 0 Å². The van der Waals surface area contributed by atoms with Crippen molar-refractivity contribution in [2.24, 2.45) is 0 Å². The molecule has 0 atom stereocenters. The van der Waals surface area contributed by atoms with Crippen LogP contribution in [0, 0.1) is 0 Å². The highest BCUT2D eigenvalue weighted by Gasteiger charge is 2.12. The van der Waals surface area contributed by atoms with E-state index in [2.05, 4.69) is 39.0 Å². The summed E-state index contributed by atoms with van der Waals surface area (Å²) in [4.78, 5) is 15.1. The van der Waals surface area contributed by atoms with Gasteiger partial charge in [-0.3, -0.25) is 0 Å². The summed E-state index contributed by atoms with van der Waals surface area (Å²) in [6.45, 7) is 6.30. The van der Waals surface area contributed by atoms with Gasteiger partial charge in [-0.1, -0.05) is 26.7 Å². The van der Waals surface area contributed by atoms with Gasteiger partial charge in [0.05, 0.1) is 7.11 Å². The van der Waals surface area contributed by atoms with Gasteiger partial charge in [-0.2, -0.15) is 15.0 Å². The maximum atomic E-state index is 5.13. The van der Waals surface area contributed by atoms with Crippen molar-refractivity contribution in [1.29, 1.82) is 0 Å². The molecule has 0 saturated heterocycles. The molecule has 0 aliphatic heterocycles. The molecule has 1 rings (SSSR count). The van der Waals surface area contributed by atoms with Gasteiger partial charge >= 0.3 is 6.01 Å². The van der Waals surface area contributed by atoms with E-state index in [9.17, 15) is 0 Å². The van der Waals surface area contributed by atoms with Gasteiger partial charge < -0.3 is 15.0 Å². The Hall–Kier alpha value is -1.59. The van der Waals surface area contributed by atoms with Gasteiger partial charge in [0.25, 0.3) is 0 Å². The first-order chi connectivity index (χ1) is 9.24. The van der Waals surface area contributed by atoms with Crippen LogP contribution in [0.1, 0.15) is 39.5 Å². The zero-order chi connectivity index (χ0) is 14.1. The minimum absolute atomic E-state index is 0.354. The van der Waals surface area contributed by atoms with Crippen LogP contribution in [0.15, 0.2) is 0 Å². The number of rotatable bonds is 9. The van der Waals surface area contributed by atoms with Gasteiger partial charge in [0.1, 0.15) is 0 Å². The van der Waals surface area contributed by atoms with Crippen LogP contribution in [0.2, 0.25) is 0 Å². The molecule has 0 radical (unpaired) electrons. The zero-order valence-electron chi connectivity index (χ0n) is 12.4. The molecule has 1 N–H and O–H groups in total. The lowest BCUT2D eigenvalue weighted by Gasteiger charge is -2.22. The van der Waals surface area contributed by atoms with Crippen molar-refractivity contribution in [3.63, 3.8) is 0 Å². The summed E-state index contributed by atoms with van der Waals surface area (Å²) >= 11 is 0. The maximum absolute atomic E-state index is 5.13. The Kier molecular flexibility index (Phi) is 6.92. The fraction of sp³-hybridized carbons (Fsp3) is 0.769. The molecule has 6 nitrogen and oxygen atoms in total. The number of ether oxygens (including phenoxy) is 1. The second kappa shape index (κ2) is 8.50. The van der Waals surface area contributed by atoms with Gasteiger partial charge in [-0.15, -0.1) is 0 Å². The molecule has 6 heteroatoms. The first-order valence-corrected chi connectivity index (χ1v) is 6.97. The van der Waals surface area contributed by atoms with E-state index >= 15 is 0 Å². The van der Waals surface area contributed by atoms with Gasteiger partial charge in [0, 0.05) is 20.1 Å². The van der Waals surface area contributed by atoms with Crippen LogP contribution in [0.5, 0.6) is 6.01 Å². The molecule has 1 aromatic rings. The Labute approximate surface area is 115 Å². The number of anilines is 2. The minimum atomic E-state index is 0.354. The molecular weight excluding hydrogens is 242 g/mol. The van der Waals surface area contributed by atoms with Gasteiger partial charge in [0.2, 0.25) is 11.9 Å². The first kappa shape index (κ1) is 15.5. The molecule has 0 aliphatic rings. The average molecular weight is 267 g/mol. The highest BCUT2D eigenvalue weighted by Crippen LogP contribution is 2.16. The van der Waals surface area contributed by atoms with Gasteiger partial charge in [-0.05, 0) is 12.8 Å². The summed E-state index contributed by atoms with van der Waals surface area (Å²) in [5.41, 5.74) is 0. The number of hydrogen-bond donors (Lipinski definition) is 1. The van der Waals surface area contributed by atoms with Gasteiger partial charge in [-0.25, -0.2) is 0 Å². The monoisotopic (exact) mass is 267 g/mol. The van der Waals surface area contributed by atoms with Crippen LogP contribution in [0.25, 0.3) is 0 Å². The lowest BCUT2D eigenvalue weighted by atomic mass is 10.3. The summed E-state index contributed by atoms with van der Waals surface area (Å²) < 4.78 is 5.13. The summed E-state index contributed by atoms with van der Waals surface area (Å²) in [5, 5.41) is 2.94. The highest BCUT2D eigenvalue weighted by molar-refractivity contribution is 5.37. The predicted octanol–water partition coefficient (Wildman–Crippen LogP) is 2.33. The molecular formula is C13H25N5O. The molecule has 0 aromatic carbocycles. The summed E-state index contributed by atoms with van der Waals surface area (Å²) in [7, 11) is 3.36. The lowest BCUT2D eigenvalue weighted by molar-refractivity contribution is 0.378. The second-order valence-corrected chi connectivity index (χ2v) is 4.39. The maximum Gasteiger partial charge on any atom is 0.322 e. The molecule has 0 amide bonds. The molecule has 19 heavy (non-hydrogen) atoms. The van der Waals surface area contributed by atoms with Crippen molar-refractivity contribution >= 4 is 11.9 Å². The minimum Gasteiger partial charge on any atom is -0.467 e. The van der Waals surface area contributed by atoms with E-state index in [1.54, 1.807) is 14.2 Å². The number of aromatic nitrogens is 3. The van der Waals surface area contributed by atoms with E-state index in [0.29, 0.717) is 17.9 Å². The largest absolute Gasteiger partial charge is 0.467 e. The summed E-state index contributed by atoms with van der Waals surface area (Å²) in [6, 6.07) is 0.354. The molecule has 1 aromatic heterocycles. The summed E-state index contributed by atoms with van der Waals surface area (Å²) in [6.07, 6.45) is 4.58. The predicted molar refractivity (Wildman–Crippen MR) is 78.0 cm³/mol. The number of nitrogens with one attached hydrogen (secondary N) is 1. The number of unbranched alkanes of at least 4 members (excludes halogenated alkanes) is 2. The lowest BCUT2D eigenvalue weighted by Crippen LogP contribution is -2.28. The van der Waals surface area contributed by atoms with Crippen molar-refractivity contribution in [2.75, 3.05) is 37.5 Å². The van der Waals surface area contributed by atoms with E-state index in [-0.39, 0.29) is 0 Å². The number of methoxy groups -OCH3 is 1. The Morgan fingerprint density at radius 3 is 2.16 bits per heavy atom. The highest BCUT2D eigenvalue weighted by atomic mass is 16.5. The number of nitrogens with zero attached hydrogens (tertiary/aromatic N) is 4. The van der Waals surface area contributed by atoms with Crippen LogP contribution >= 0.6 is 0 Å². The zero-order valence-corrected chi connectivity index (χ0v) is 12.4. The fourth-order valence-electron chi connectivity index (χ4n) is 1.70. The van der Waals surface area contributed by atoms with E-state index in [4.69, 9.17) is 4.74 Å². The van der Waals surface area contributed by atoms with Crippen molar-refractivity contribution in [3.05, 3.63) is 0 Å². The first-order valence-electron chi connectivity index (χ1n) is 6.97. The SMILES string of the molecule is CCCCN(CCCC)c1nc(NC)nc(OC)n1. The smallest absolute Gasteiger partial charge is 0.322 e. The van der Waals surface area contributed by atoms with E-state index in [1.165, 1.54) is 0 Å². The quantitative estimate of drug-likeness (QED) is 0.741. The normalized spacial score (nSPS) is 10.3. The fourth-order valence-corrected chi connectivity index (χ4v) is 1.70. The molecule has 0 bridgehead atoms. The molecule has 0 unspecified atom stereocenters. The van der Waals surface area contributed by atoms with Crippen LogP contribution in [-0.2, 0) is 0 Å². The standard InChI is InChI=1S/C13H25N5O/c1-5-7-9-18(10-8-6-2)12-15-11(14-3)16-13(17-12)19-4/h5-10H2,1-4H3,(H,14,15,16,17). The third-order valence-electron chi connectivity index (χ3n) is 2.86. The van der Waals surface area contributed by atoms with Crippen molar-refractivity contribution < 1.29 is 4.74 Å². The molecule has 0 fully saturated rings. The number of hydrogen-bond acceptors (Lipinski definition) is 6. The van der Waals surface area contributed by atoms with Crippen LogP contribution in [-0.4, -0.2) is 42.2 Å². The van der Waals surface area contributed by atoms with Crippen LogP contribution < -0.4 is 15.0 Å². The third kappa shape index (κ3) is 4.89. The van der Waals surface area contributed by atoms with E-state index in [1.807, 2.05) is 0 Å². The molecule has 1 heterocycles. The Balaban J connectivity index is 2.91. The molecule has 0 spiro atoms. The summed E-state index contributed by atoms with van der Waals surface area (Å²) in [5.74, 6) is 1.23. The van der Waals surface area contributed by atoms with E-state index in [0.717, 1.165) is 38.8 Å².